The van der Waals surface area contributed by atoms with Crippen LogP contribution in [0.25, 0.3) is 0 Å². The first kappa shape index (κ1) is 15.3. The molecule has 0 rings (SSSR count). The van der Waals surface area contributed by atoms with Gasteiger partial charge in [0.15, 0.2) is 0 Å². The van der Waals surface area contributed by atoms with Crippen molar-refractivity contribution in [3.05, 3.63) is 0 Å². The minimum atomic E-state index is 0.387. The molecular weight excluding hydrogens is 200 g/mol. The summed E-state index contributed by atoms with van der Waals surface area (Å²) in [7, 11) is 0. The summed E-state index contributed by atoms with van der Waals surface area (Å²) in [5, 5.41) is 0.550. The SMILES string of the molecule is CCC(C)C(C)CCC(S)C(C)(C)CC. The smallest absolute Gasteiger partial charge is 0.00680 e. The molecule has 0 heterocycles. The topological polar surface area (TPSA) is 0 Å². The van der Waals surface area contributed by atoms with Crippen molar-refractivity contribution in [2.75, 3.05) is 0 Å². The summed E-state index contributed by atoms with van der Waals surface area (Å²) in [5.74, 6) is 1.70. The summed E-state index contributed by atoms with van der Waals surface area (Å²) < 4.78 is 0. The summed E-state index contributed by atoms with van der Waals surface area (Å²) in [5.41, 5.74) is 0.387. The molecular formula is C14H30S. The van der Waals surface area contributed by atoms with E-state index in [0.717, 1.165) is 11.8 Å². The second kappa shape index (κ2) is 6.83. The minimum Gasteiger partial charge on any atom is -0.175 e. The molecule has 3 unspecified atom stereocenters. The number of hydrogen-bond acceptors (Lipinski definition) is 1. The Morgan fingerprint density at radius 3 is 1.93 bits per heavy atom. The van der Waals surface area contributed by atoms with E-state index in [1.54, 1.807) is 0 Å². The highest BCUT2D eigenvalue weighted by atomic mass is 32.1. The average Bonchev–Trinajstić information content (AvgIpc) is 2.23. The van der Waals surface area contributed by atoms with Crippen LogP contribution in [0.4, 0.5) is 0 Å². The van der Waals surface area contributed by atoms with E-state index in [4.69, 9.17) is 12.6 Å². The third kappa shape index (κ3) is 5.29. The fourth-order valence-corrected chi connectivity index (χ4v) is 2.07. The largest absolute Gasteiger partial charge is 0.175 e. The molecule has 0 aromatic carbocycles. The Morgan fingerprint density at radius 2 is 1.53 bits per heavy atom. The molecule has 0 N–H and O–H groups in total. The predicted molar refractivity (Wildman–Crippen MR) is 74.7 cm³/mol. The van der Waals surface area contributed by atoms with E-state index < -0.39 is 0 Å². The van der Waals surface area contributed by atoms with Crippen LogP contribution in [-0.2, 0) is 0 Å². The van der Waals surface area contributed by atoms with Crippen LogP contribution in [0.1, 0.15) is 67.2 Å². The lowest BCUT2D eigenvalue weighted by Crippen LogP contribution is -2.24. The molecule has 1 heteroatoms. The average molecular weight is 230 g/mol. The first-order valence-corrected chi connectivity index (χ1v) is 7.04. The van der Waals surface area contributed by atoms with Crippen LogP contribution < -0.4 is 0 Å². The van der Waals surface area contributed by atoms with Crippen molar-refractivity contribution in [3.63, 3.8) is 0 Å². The molecule has 0 aromatic rings. The first-order valence-electron chi connectivity index (χ1n) is 6.53. The summed E-state index contributed by atoms with van der Waals surface area (Å²) in [6, 6.07) is 0. The van der Waals surface area contributed by atoms with Gasteiger partial charge in [-0.1, -0.05) is 48.0 Å². The molecule has 0 aromatic heterocycles. The maximum absolute atomic E-state index is 4.76. The summed E-state index contributed by atoms with van der Waals surface area (Å²) in [6.45, 7) is 14.0. The van der Waals surface area contributed by atoms with Gasteiger partial charge in [0.2, 0.25) is 0 Å². The summed E-state index contributed by atoms with van der Waals surface area (Å²) in [4.78, 5) is 0. The van der Waals surface area contributed by atoms with Crippen LogP contribution in [0.3, 0.4) is 0 Å². The maximum atomic E-state index is 4.76. The second-order valence-electron chi connectivity index (χ2n) is 5.80. The van der Waals surface area contributed by atoms with Gasteiger partial charge in [-0.25, -0.2) is 0 Å². The normalized spacial score (nSPS) is 18.6. The van der Waals surface area contributed by atoms with Gasteiger partial charge < -0.3 is 0 Å². The van der Waals surface area contributed by atoms with Crippen LogP contribution in [0.15, 0.2) is 0 Å². The van der Waals surface area contributed by atoms with Crippen LogP contribution in [0.2, 0.25) is 0 Å². The molecule has 0 aliphatic heterocycles. The van der Waals surface area contributed by atoms with Crippen molar-refractivity contribution in [2.24, 2.45) is 17.3 Å². The molecule has 15 heavy (non-hydrogen) atoms. The van der Waals surface area contributed by atoms with Crippen LogP contribution >= 0.6 is 12.6 Å². The zero-order valence-electron chi connectivity index (χ0n) is 11.5. The maximum Gasteiger partial charge on any atom is 0.00680 e. The lowest BCUT2D eigenvalue weighted by molar-refractivity contribution is 0.287. The number of thiol groups is 1. The Bertz CT molecular complexity index is 163. The molecule has 0 aliphatic rings. The third-order valence-corrected chi connectivity index (χ3v) is 5.28. The van der Waals surface area contributed by atoms with Crippen LogP contribution in [-0.4, -0.2) is 5.25 Å². The van der Waals surface area contributed by atoms with Gasteiger partial charge in [0.05, 0.1) is 0 Å². The quantitative estimate of drug-likeness (QED) is 0.572. The van der Waals surface area contributed by atoms with E-state index in [-0.39, 0.29) is 0 Å². The van der Waals surface area contributed by atoms with Crippen molar-refractivity contribution < 1.29 is 0 Å². The van der Waals surface area contributed by atoms with Crippen LogP contribution in [0, 0.1) is 17.3 Å². The van der Waals surface area contributed by atoms with Crippen molar-refractivity contribution in [1.82, 2.24) is 0 Å². The fraction of sp³-hybridized carbons (Fsp3) is 1.00. The monoisotopic (exact) mass is 230 g/mol. The van der Waals surface area contributed by atoms with Gasteiger partial charge in [-0.2, -0.15) is 12.6 Å². The van der Waals surface area contributed by atoms with E-state index in [1.165, 1.54) is 25.7 Å². The standard InChI is InChI=1S/C14H30S/c1-7-11(3)12(4)9-10-13(15)14(5,6)8-2/h11-13,15H,7-10H2,1-6H3. The zero-order chi connectivity index (χ0) is 12.1. The molecule has 0 amide bonds. The molecule has 0 radical (unpaired) electrons. The van der Waals surface area contributed by atoms with Crippen molar-refractivity contribution in [2.45, 2.75) is 72.5 Å². The Hall–Kier alpha value is 0.350. The highest BCUT2D eigenvalue weighted by molar-refractivity contribution is 7.81. The lowest BCUT2D eigenvalue weighted by atomic mass is 9.81. The molecule has 0 bridgehead atoms. The molecule has 92 valence electrons. The minimum absolute atomic E-state index is 0.387. The van der Waals surface area contributed by atoms with E-state index in [0.29, 0.717) is 10.7 Å². The predicted octanol–water partition coefficient (Wildman–Crippen LogP) is 5.18. The number of rotatable bonds is 7. The first-order chi connectivity index (χ1) is 6.85. The molecule has 0 nitrogen and oxygen atoms in total. The van der Waals surface area contributed by atoms with Gasteiger partial charge in [0, 0.05) is 5.25 Å². The Labute approximate surface area is 103 Å². The van der Waals surface area contributed by atoms with Crippen LogP contribution in [0.5, 0.6) is 0 Å². The van der Waals surface area contributed by atoms with Gasteiger partial charge in [-0.15, -0.1) is 0 Å². The van der Waals surface area contributed by atoms with E-state index in [9.17, 15) is 0 Å². The molecule has 0 fully saturated rings. The van der Waals surface area contributed by atoms with Gasteiger partial charge in [-0.3, -0.25) is 0 Å². The fourth-order valence-electron chi connectivity index (χ4n) is 1.73. The van der Waals surface area contributed by atoms with Crippen molar-refractivity contribution in [1.29, 1.82) is 0 Å². The summed E-state index contributed by atoms with van der Waals surface area (Å²) >= 11 is 4.76. The van der Waals surface area contributed by atoms with Crippen molar-refractivity contribution in [3.8, 4) is 0 Å². The van der Waals surface area contributed by atoms with Gasteiger partial charge in [-0.05, 0) is 36.5 Å². The Morgan fingerprint density at radius 1 is 1.00 bits per heavy atom. The Kier molecular flexibility index (Phi) is 6.99. The van der Waals surface area contributed by atoms with E-state index in [2.05, 4.69) is 41.5 Å². The highest BCUT2D eigenvalue weighted by Crippen LogP contribution is 2.33. The summed E-state index contributed by atoms with van der Waals surface area (Å²) in [6.07, 6.45) is 5.11. The third-order valence-electron chi connectivity index (χ3n) is 4.32. The zero-order valence-corrected chi connectivity index (χ0v) is 12.4. The second-order valence-corrected chi connectivity index (χ2v) is 6.42. The van der Waals surface area contributed by atoms with Gasteiger partial charge >= 0.3 is 0 Å². The van der Waals surface area contributed by atoms with Crippen molar-refractivity contribution >= 4 is 12.6 Å². The van der Waals surface area contributed by atoms with E-state index >= 15 is 0 Å². The molecule has 0 spiro atoms. The lowest BCUT2D eigenvalue weighted by Gasteiger charge is -2.31. The Balaban J connectivity index is 3.95. The van der Waals surface area contributed by atoms with Gasteiger partial charge in [0.1, 0.15) is 0 Å². The molecule has 0 aliphatic carbocycles. The number of hydrogen-bond donors (Lipinski definition) is 1. The molecule has 0 saturated heterocycles. The molecule has 3 atom stereocenters. The molecule has 0 saturated carbocycles. The van der Waals surface area contributed by atoms with E-state index in [1.807, 2.05) is 0 Å². The highest BCUT2D eigenvalue weighted by Gasteiger charge is 2.25. The van der Waals surface area contributed by atoms with Gasteiger partial charge in [0.25, 0.3) is 0 Å².